The summed E-state index contributed by atoms with van der Waals surface area (Å²) in [6.07, 6.45) is -6.45. The minimum Gasteiger partial charge on any atom is -0.490 e. The van der Waals surface area contributed by atoms with E-state index in [0.717, 1.165) is 6.07 Å². The van der Waals surface area contributed by atoms with E-state index in [0.29, 0.717) is 0 Å². The van der Waals surface area contributed by atoms with Gasteiger partial charge in [0, 0.05) is 0 Å². The zero-order chi connectivity index (χ0) is 18.0. The lowest BCUT2D eigenvalue weighted by Gasteiger charge is -2.21. The normalized spacial score (nSPS) is 14.2. The summed E-state index contributed by atoms with van der Waals surface area (Å²) in [5.74, 6) is -6.25. The van der Waals surface area contributed by atoms with E-state index in [9.17, 15) is 26.5 Å². The van der Waals surface area contributed by atoms with Crippen molar-refractivity contribution in [3.8, 4) is 5.75 Å². The number of hydrogen-bond donors (Lipinski definition) is 2. The number of alkyl halides is 3. The third-order valence-electron chi connectivity index (χ3n) is 3.06. The molecular formula is C13H16F5O4P. The van der Waals surface area contributed by atoms with Gasteiger partial charge in [-0.3, -0.25) is 4.57 Å². The van der Waals surface area contributed by atoms with Crippen molar-refractivity contribution in [3.05, 3.63) is 29.3 Å². The van der Waals surface area contributed by atoms with Crippen molar-refractivity contribution in [1.82, 2.24) is 0 Å². The van der Waals surface area contributed by atoms with Gasteiger partial charge in [0.1, 0.15) is 12.5 Å². The van der Waals surface area contributed by atoms with Crippen molar-refractivity contribution >= 4 is 7.60 Å². The first-order valence-corrected chi connectivity index (χ1v) is 8.34. The second-order valence-electron chi connectivity index (χ2n) is 5.33. The molecule has 0 spiro atoms. The Kier molecular flexibility index (Phi) is 6.18. The molecule has 10 heteroatoms. The van der Waals surface area contributed by atoms with Gasteiger partial charge in [-0.1, -0.05) is 19.9 Å². The monoisotopic (exact) mass is 362 g/mol. The maximum atomic E-state index is 13.8. The van der Waals surface area contributed by atoms with Crippen LogP contribution in [0.25, 0.3) is 0 Å². The highest BCUT2D eigenvalue weighted by atomic mass is 31.2. The van der Waals surface area contributed by atoms with Crippen LogP contribution in [0, 0.1) is 17.6 Å². The SMILES string of the molecule is CC(C)c1ccc(OC[C@H](CP(=O)(O)O)C(F)(F)F)c(F)c1F. The molecule has 1 atom stereocenters. The smallest absolute Gasteiger partial charge is 0.395 e. The molecule has 0 saturated carbocycles. The fourth-order valence-corrected chi connectivity index (χ4v) is 2.72. The lowest BCUT2D eigenvalue weighted by Crippen LogP contribution is -2.32. The minimum atomic E-state index is -4.95. The predicted molar refractivity (Wildman–Crippen MR) is 72.4 cm³/mol. The Morgan fingerprint density at radius 1 is 1.17 bits per heavy atom. The molecular weight excluding hydrogens is 346 g/mol. The van der Waals surface area contributed by atoms with E-state index < -0.39 is 49.8 Å². The number of ether oxygens (including phenoxy) is 1. The van der Waals surface area contributed by atoms with Crippen LogP contribution in [0.4, 0.5) is 22.0 Å². The first-order valence-electron chi connectivity index (χ1n) is 6.55. The van der Waals surface area contributed by atoms with Gasteiger partial charge in [0.15, 0.2) is 11.6 Å². The van der Waals surface area contributed by atoms with Gasteiger partial charge >= 0.3 is 13.8 Å². The molecule has 0 aliphatic heterocycles. The zero-order valence-corrected chi connectivity index (χ0v) is 13.2. The minimum absolute atomic E-state index is 0.0393. The first kappa shape index (κ1) is 19.9. The molecule has 0 aliphatic rings. The molecule has 1 aromatic rings. The quantitative estimate of drug-likeness (QED) is 0.596. The van der Waals surface area contributed by atoms with Gasteiger partial charge in [-0.25, -0.2) is 4.39 Å². The van der Waals surface area contributed by atoms with Gasteiger partial charge in [0.25, 0.3) is 0 Å². The number of benzene rings is 1. The van der Waals surface area contributed by atoms with E-state index in [1.807, 2.05) is 0 Å². The molecule has 1 aromatic carbocycles. The molecule has 0 unspecified atom stereocenters. The van der Waals surface area contributed by atoms with Gasteiger partial charge < -0.3 is 14.5 Å². The van der Waals surface area contributed by atoms with Crippen LogP contribution in [0.1, 0.15) is 25.3 Å². The first-order chi connectivity index (χ1) is 10.3. The van der Waals surface area contributed by atoms with E-state index in [1.165, 1.54) is 6.07 Å². The van der Waals surface area contributed by atoms with Crippen LogP contribution in [-0.4, -0.2) is 28.7 Å². The molecule has 132 valence electrons. The van der Waals surface area contributed by atoms with Gasteiger partial charge in [-0.15, -0.1) is 0 Å². The summed E-state index contributed by atoms with van der Waals surface area (Å²) in [7, 11) is -4.95. The van der Waals surface area contributed by atoms with Gasteiger partial charge in [0.2, 0.25) is 5.82 Å². The van der Waals surface area contributed by atoms with E-state index in [4.69, 9.17) is 9.79 Å². The molecule has 0 aliphatic carbocycles. The van der Waals surface area contributed by atoms with Crippen molar-refractivity contribution in [1.29, 1.82) is 0 Å². The summed E-state index contributed by atoms with van der Waals surface area (Å²) in [6.45, 7) is 1.99. The van der Waals surface area contributed by atoms with Crippen molar-refractivity contribution in [2.45, 2.75) is 25.9 Å². The molecule has 0 radical (unpaired) electrons. The Morgan fingerprint density at radius 2 is 1.74 bits per heavy atom. The standard InChI is InChI=1S/C13H16F5O4P/c1-7(2)9-3-4-10(12(15)11(9)14)22-5-8(13(16,17)18)6-23(19,20)21/h3-4,7-8H,5-6H2,1-2H3,(H2,19,20,21)/t8-/m1/s1. The average molecular weight is 362 g/mol. The molecule has 0 heterocycles. The summed E-state index contributed by atoms with van der Waals surface area (Å²) in [5.41, 5.74) is 0.0393. The summed E-state index contributed by atoms with van der Waals surface area (Å²) >= 11 is 0. The van der Waals surface area contributed by atoms with Crippen LogP contribution >= 0.6 is 7.60 Å². The predicted octanol–water partition coefficient (Wildman–Crippen LogP) is 3.82. The Morgan fingerprint density at radius 3 is 2.17 bits per heavy atom. The second-order valence-corrected chi connectivity index (χ2v) is 7.03. The zero-order valence-electron chi connectivity index (χ0n) is 12.3. The van der Waals surface area contributed by atoms with Crippen molar-refractivity contribution in [2.24, 2.45) is 5.92 Å². The van der Waals surface area contributed by atoms with Crippen LogP contribution in [0.3, 0.4) is 0 Å². The highest BCUT2D eigenvalue weighted by Crippen LogP contribution is 2.42. The van der Waals surface area contributed by atoms with Crippen LogP contribution in [0.5, 0.6) is 5.75 Å². The largest absolute Gasteiger partial charge is 0.490 e. The third-order valence-corrected chi connectivity index (χ3v) is 3.98. The number of halogens is 5. The van der Waals surface area contributed by atoms with Crippen LogP contribution in [0.15, 0.2) is 12.1 Å². The maximum Gasteiger partial charge on any atom is 0.395 e. The molecule has 0 amide bonds. The molecule has 4 nitrogen and oxygen atoms in total. The molecule has 0 saturated heterocycles. The Bertz CT molecular complexity index is 597. The van der Waals surface area contributed by atoms with E-state index in [-0.39, 0.29) is 11.5 Å². The van der Waals surface area contributed by atoms with Crippen LogP contribution < -0.4 is 4.74 Å². The fraction of sp³-hybridized carbons (Fsp3) is 0.538. The highest BCUT2D eigenvalue weighted by Gasteiger charge is 2.44. The molecule has 0 aromatic heterocycles. The van der Waals surface area contributed by atoms with Crippen molar-refractivity contribution in [2.75, 3.05) is 12.8 Å². The Hall–Kier alpha value is -1.18. The van der Waals surface area contributed by atoms with Gasteiger partial charge in [-0.05, 0) is 17.5 Å². The van der Waals surface area contributed by atoms with Crippen LogP contribution in [-0.2, 0) is 4.57 Å². The average Bonchev–Trinajstić information content (AvgIpc) is 2.36. The van der Waals surface area contributed by atoms with Crippen LogP contribution in [0.2, 0.25) is 0 Å². The maximum absolute atomic E-state index is 13.8. The highest BCUT2D eigenvalue weighted by molar-refractivity contribution is 7.51. The van der Waals surface area contributed by atoms with Crippen molar-refractivity contribution in [3.63, 3.8) is 0 Å². The van der Waals surface area contributed by atoms with E-state index >= 15 is 0 Å². The molecule has 2 N–H and O–H groups in total. The Balaban J connectivity index is 2.95. The fourth-order valence-electron chi connectivity index (χ4n) is 1.83. The molecule has 23 heavy (non-hydrogen) atoms. The Labute approximate surface area is 129 Å². The number of hydrogen-bond acceptors (Lipinski definition) is 2. The lowest BCUT2D eigenvalue weighted by atomic mass is 10.0. The molecule has 0 fully saturated rings. The van der Waals surface area contributed by atoms with E-state index in [1.54, 1.807) is 13.8 Å². The van der Waals surface area contributed by atoms with Gasteiger partial charge in [0.05, 0.1) is 6.16 Å². The summed E-state index contributed by atoms with van der Waals surface area (Å²) in [4.78, 5) is 17.3. The molecule has 0 bridgehead atoms. The van der Waals surface area contributed by atoms with Gasteiger partial charge in [-0.2, -0.15) is 17.6 Å². The molecule has 1 rings (SSSR count). The van der Waals surface area contributed by atoms with E-state index in [2.05, 4.69) is 4.74 Å². The lowest BCUT2D eigenvalue weighted by molar-refractivity contribution is -0.176. The number of rotatable bonds is 6. The van der Waals surface area contributed by atoms with Crippen molar-refractivity contribution < 1.29 is 41.0 Å². The second kappa shape index (κ2) is 7.15. The third kappa shape index (κ3) is 5.75. The summed E-state index contributed by atoms with van der Waals surface area (Å²) < 4.78 is 81.0. The topological polar surface area (TPSA) is 66.8 Å². The summed E-state index contributed by atoms with van der Waals surface area (Å²) in [5, 5.41) is 0. The summed E-state index contributed by atoms with van der Waals surface area (Å²) in [6, 6.07) is 2.17.